The van der Waals surface area contributed by atoms with Gasteiger partial charge in [-0.2, -0.15) is 5.10 Å². The predicted molar refractivity (Wildman–Crippen MR) is 85.8 cm³/mol. The average Bonchev–Trinajstić information content (AvgIpc) is 2.76. The molecule has 0 radical (unpaired) electrons. The van der Waals surface area contributed by atoms with E-state index in [1.807, 2.05) is 0 Å². The topological polar surface area (TPSA) is 58.7 Å². The van der Waals surface area contributed by atoms with Crippen LogP contribution in [0.1, 0.15) is 37.8 Å². The van der Waals surface area contributed by atoms with Gasteiger partial charge in [0.2, 0.25) is 0 Å². The molecule has 0 bridgehead atoms. The molecule has 1 atom stereocenters. The van der Waals surface area contributed by atoms with E-state index in [9.17, 15) is 4.79 Å². The fraction of sp³-hybridized carbons (Fsp3) is 0.529. The number of aryl methyl sites for hydroxylation is 1. The van der Waals surface area contributed by atoms with Crippen molar-refractivity contribution in [1.29, 1.82) is 0 Å². The largest absolute Gasteiger partial charge is 0.330 e. The minimum absolute atomic E-state index is 0.0843. The minimum atomic E-state index is -0.0843. The van der Waals surface area contributed by atoms with Crippen molar-refractivity contribution in [3.8, 4) is 0 Å². The predicted octanol–water partition coefficient (Wildman–Crippen LogP) is 2.70. The highest BCUT2D eigenvalue weighted by molar-refractivity contribution is 6.08. The molecule has 0 fully saturated rings. The fourth-order valence-electron chi connectivity index (χ4n) is 2.66. The van der Waals surface area contributed by atoms with Gasteiger partial charge in [0.25, 0.3) is 5.91 Å². The summed E-state index contributed by atoms with van der Waals surface area (Å²) < 4.78 is 0. The van der Waals surface area contributed by atoms with Gasteiger partial charge in [-0.3, -0.25) is 4.79 Å². The van der Waals surface area contributed by atoms with E-state index in [1.54, 1.807) is 5.01 Å². The van der Waals surface area contributed by atoms with E-state index >= 15 is 0 Å². The van der Waals surface area contributed by atoms with Gasteiger partial charge in [0.05, 0.1) is 18.2 Å². The van der Waals surface area contributed by atoms with Crippen molar-refractivity contribution in [2.45, 2.75) is 40.2 Å². The molecule has 21 heavy (non-hydrogen) atoms. The zero-order chi connectivity index (χ0) is 15.4. The van der Waals surface area contributed by atoms with Crippen LogP contribution in [0.15, 0.2) is 29.4 Å². The number of benzene rings is 1. The molecule has 1 unspecified atom stereocenters. The van der Waals surface area contributed by atoms with Gasteiger partial charge in [-0.15, -0.1) is 0 Å². The Morgan fingerprint density at radius 2 is 1.95 bits per heavy atom. The highest BCUT2D eigenvalue weighted by Gasteiger charge is 2.36. The number of nitrogens with zero attached hydrogens (tertiary/aromatic N) is 2. The molecule has 1 aromatic carbocycles. The average molecular weight is 287 g/mol. The summed E-state index contributed by atoms with van der Waals surface area (Å²) in [6, 6.07) is 8.24. The second kappa shape index (κ2) is 6.85. The van der Waals surface area contributed by atoms with Gasteiger partial charge in [-0.1, -0.05) is 43.7 Å². The van der Waals surface area contributed by atoms with Crippen LogP contribution in [-0.4, -0.2) is 23.2 Å². The van der Waals surface area contributed by atoms with Gasteiger partial charge >= 0.3 is 0 Å². The van der Waals surface area contributed by atoms with Gasteiger partial charge in [0, 0.05) is 0 Å². The summed E-state index contributed by atoms with van der Waals surface area (Å²) in [6.45, 7) is 7.41. The molecule has 0 aromatic heterocycles. The molecule has 0 saturated carbocycles. The first kappa shape index (κ1) is 15.7. The Kier molecular flexibility index (Phi) is 5.12. The maximum Gasteiger partial charge on any atom is 0.251 e. The van der Waals surface area contributed by atoms with Crippen molar-refractivity contribution in [2.24, 2.45) is 22.7 Å². The molecule has 0 aliphatic carbocycles. The van der Waals surface area contributed by atoms with Crippen molar-refractivity contribution in [1.82, 2.24) is 5.01 Å². The molecule has 0 spiro atoms. The maximum atomic E-state index is 12.6. The smallest absolute Gasteiger partial charge is 0.251 e. The van der Waals surface area contributed by atoms with Crippen LogP contribution in [-0.2, 0) is 11.3 Å². The van der Waals surface area contributed by atoms with Crippen LogP contribution in [0.4, 0.5) is 0 Å². The third kappa shape index (κ3) is 3.70. The molecule has 1 aliphatic heterocycles. The Labute approximate surface area is 127 Å². The van der Waals surface area contributed by atoms with Crippen molar-refractivity contribution < 1.29 is 4.79 Å². The number of rotatable bonds is 6. The number of hydrogen-bond donors (Lipinski definition) is 1. The number of nitrogens with two attached hydrogens (primary N) is 1. The normalized spacial score (nSPS) is 18.5. The quantitative estimate of drug-likeness (QED) is 0.874. The van der Waals surface area contributed by atoms with Crippen LogP contribution in [0.3, 0.4) is 0 Å². The van der Waals surface area contributed by atoms with E-state index in [4.69, 9.17) is 5.73 Å². The van der Waals surface area contributed by atoms with E-state index in [1.165, 1.54) is 5.56 Å². The van der Waals surface area contributed by atoms with Crippen LogP contribution < -0.4 is 5.73 Å². The van der Waals surface area contributed by atoms with Crippen LogP contribution in [0, 0.1) is 18.8 Å². The third-order valence-corrected chi connectivity index (χ3v) is 3.89. The van der Waals surface area contributed by atoms with Crippen molar-refractivity contribution in [3.63, 3.8) is 0 Å². The number of hydrogen-bond acceptors (Lipinski definition) is 3. The molecule has 4 heteroatoms. The lowest BCUT2D eigenvalue weighted by molar-refractivity contribution is -0.132. The number of carbonyl (C=O) groups excluding carboxylic acids is 1. The van der Waals surface area contributed by atoms with Crippen molar-refractivity contribution >= 4 is 11.6 Å². The summed E-state index contributed by atoms with van der Waals surface area (Å²) in [5.41, 5.74) is 8.91. The van der Waals surface area contributed by atoms with E-state index < -0.39 is 0 Å². The molecule has 2 N–H and O–H groups in total. The summed E-state index contributed by atoms with van der Waals surface area (Å²) in [7, 11) is 0. The molecule has 1 amide bonds. The minimum Gasteiger partial charge on any atom is -0.330 e. The summed E-state index contributed by atoms with van der Waals surface area (Å²) in [5.74, 6) is 0.325. The van der Waals surface area contributed by atoms with Crippen molar-refractivity contribution in [2.75, 3.05) is 6.54 Å². The molecule has 0 saturated heterocycles. The Morgan fingerprint density at radius 3 is 2.52 bits per heavy atom. The summed E-state index contributed by atoms with van der Waals surface area (Å²) in [6.07, 6.45) is 1.66. The zero-order valence-electron chi connectivity index (χ0n) is 13.2. The molecule has 114 valence electrons. The molecule has 4 nitrogen and oxygen atoms in total. The van der Waals surface area contributed by atoms with E-state index in [0.29, 0.717) is 19.0 Å². The lowest BCUT2D eigenvalue weighted by atomic mass is 9.90. The SMILES string of the molecule is Cc1ccc(CN2N=C(C(C)C)C(CCCN)C2=O)cc1. The lowest BCUT2D eigenvalue weighted by Gasteiger charge is -2.15. The highest BCUT2D eigenvalue weighted by Crippen LogP contribution is 2.26. The molecule has 2 rings (SSSR count). The van der Waals surface area contributed by atoms with E-state index in [2.05, 4.69) is 50.1 Å². The first-order valence-electron chi connectivity index (χ1n) is 7.68. The first-order chi connectivity index (χ1) is 10.0. The standard InChI is InChI=1S/C17H25N3O/c1-12(2)16-15(5-4-10-18)17(21)20(19-16)11-14-8-6-13(3)7-9-14/h6-9,12,15H,4-5,10-11,18H2,1-3H3. The van der Waals surface area contributed by atoms with Gasteiger partial charge in [0.15, 0.2) is 0 Å². The second-order valence-corrected chi connectivity index (χ2v) is 6.04. The van der Waals surface area contributed by atoms with E-state index in [0.717, 1.165) is 24.1 Å². The molecular formula is C17H25N3O. The fourth-order valence-corrected chi connectivity index (χ4v) is 2.66. The molecule has 1 aliphatic rings. The number of carbonyl (C=O) groups is 1. The van der Waals surface area contributed by atoms with Crippen molar-refractivity contribution in [3.05, 3.63) is 35.4 Å². The Hall–Kier alpha value is -1.68. The monoisotopic (exact) mass is 287 g/mol. The maximum absolute atomic E-state index is 12.6. The van der Waals surface area contributed by atoms with Gasteiger partial charge in [-0.25, -0.2) is 5.01 Å². The van der Waals surface area contributed by atoms with Gasteiger partial charge in [-0.05, 0) is 37.8 Å². The van der Waals surface area contributed by atoms with Crippen LogP contribution in [0.5, 0.6) is 0 Å². The molecule has 1 heterocycles. The summed E-state index contributed by atoms with van der Waals surface area (Å²) in [5, 5.41) is 6.21. The van der Waals surface area contributed by atoms with Gasteiger partial charge in [0.1, 0.15) is 0 Å². The number of hydrazone groups is 1. The Bertz CT molecular complexity index is 519. The summed E-state index contributed by atoms with van der Waals surface area (Å²) >= 11 is 0. The highest BCUT2D eigenvalue weighted by atomic mass is 16.2. The lowest BCUT2D eigenvalue weighted by Crippen LogP contribution is -2.29. The molecule has 1 aromatic rings. The van der Waals surface area contributed by atoms with Crippen LogP contribution >= 0.6 is 0 Å². The first-order valence-corrected chi connectivity index (χ1v) is 7.68. The summed E-state index contributed by atoms with van der Waals surface area (Å²) in [4.78, 5) is 12.6. The Balaban J connectivity index is 2.13. The van der Waals surface area contributed by atoms with E-state index in [-0.39, 0.29) is 11.8 Å². The second-order valence-electron chi connectivity index (χ2n) is 6.04. The third-order valence-electron chi connectivity index (χ3n) is 3.89. The zero-order valence-corrected chi connectivity index (χ0v) is 13.2. The van der Waals surface area contributed by atoms with Gasteiger partial charge < -0.3 is 5.73 Å². The van der Waals surface area contributed by atoms with Crippen LogP contribution in [0.25, 0.3) is 0 Å². The number of amides is 1. The van der Waals surface area contributed by atoms with Crippen LogP contribution in [0.2, 0.25) is 0 Å². The Morgan fingerprint density at radius 1 is 1.29 bits per heavy atom. The molecular weight excluding hydrogens is 262 g/mol.